The summed E-state index contributed by atoms with van der Waals surface area (Å²) in [4.78, 5) is 12.0. The van der Waals surface area contributed by atoms with Crippen molar-refractivity contribution < 1.29 is 0 Å². The molecule has 108 valence electrons. The van der Waals surface area contributed by atoms with E-state index in [2.05, 4.69) is 10.2 Å². The lowest BCUT2D eigenvalue weighted by molar-refractivity contribution is 0.672. The highest BCUT2D eigenvalue weighted by Gasteiger charge is 2.14. The van der Waals surface area contributed by atoms with E-state index in [0.717, 1.165) is 11.3 Å². The average molecular weight is 304 g/mol. The minimum atomic E-state index is -0.0499. The first-order chi connectivity index (χ1) is 10.1. The van der Waals surface area contributed by atoms with Gasteiger partial charge in [-0.3, -0.25) is 9.48 Å². The molecule has 3 aromatic rings. The number of nitrogens with zero attached hydrogens (tertiary/aromatic N) is 5. The lowest BCUT2D eigenvalue weighted by Crippen LogP contribution is -2.22. The number of rotatable bonds is 3. The van der Waals surface area contributed by atoms with E-state index in [1.54, 1.807) is 41.1 Å². The van der Waals surface area contributed by atoms with Crippen molar-refractivity contribution in [2.75, 3.05) is 0 Å². The van der Waals surface area contributed by atoms with Gasteiger partial charge in [0, 0.05) is 32.1 Å². The third kappa shape index (κ3) is 2.38. The van der Waals surface area contributed by atoms with Gasteiger partial charge in [0.15, 0.2) is 0 Å². The van der Waals surface area contributed by atoms with Gasteiger partial charge < -0.3 is 4.57 Å². The van der Waals surface area contributed by atoms with Gasteiger partial charge in [0.1, 0.15) is 5.15 Å². The Morgan fingerprint density at radius 2 is 2.05 bits per heavy atom. The zero-order chi connectivity index (χ0) is 15.0. The fourth-order valence-electron chi connectivity index (χ4n) is 2.23. The highest BCUT2D eigenvalue weighted by molar-refractivity contribution is 6.32. The molecule has 0 aliphatic rings. The maximum Gasteiger partial charge on any atom is 0.255 e. The van der Waals surface area contributed by atoms with Crippen LogP contribution in [-0.2, 0) is 20.6 Å². The Morgan fingerprint density at radius 1 is 1.24 bits per heavy atom. The Bertz CT molecular complexity index is 845. The SMILES string of the molecule is Cn1nccc1-c1cnn(Cc2cccn(C)c2=O)c1Cl. The summed E-state index contributed by atoms with van der Waals surface area (Å²) in [5, 5.41) is 8.89. The monoisotopic (exact) mass is 303 g/mol. The molecule has 3 heterocycles. The molecule has 7 heteroatoms. The Morgan fingerprint density at radius 3 is 2.76 bits per heavy atom. The fourth-order valence-corrected chi connectivity index (χ4v) is 2.48. The van der Waals surface area contributed by atoms with Crippen LogP contribution in [0.25, 0.3) is 11.3 Å². The largest absolute Gasteiger partial charge is 0.318 e. The number of pyridine rings is 1. The number of aryl methyl sites for hydroxylation is 2. The van der Waals surface area contributed by atoms with Crippen LogP contribution in [0.4, 0.5) is 0 Å². The predicted octanol–water partition coefficient (Wildman–Crippen LogP) is 1.68. The van der Waals surface area contributed by atoms with Gasteiger partial charge >= 0.3 is 0 Å². The van der Waals surface area contributed by atoms with Crippen LogP contribution < -0.4 is 5.56 Å². The third-order valence-corrected chi connectivity index (χ3v) is 3.79. The van der Waals surface area contributed by atoms with Crippen LogP contribution in [0.15, 0.2) is 41.6 Å². The molecular weight excluding hydrogens is 290 g/mol. The summed E-state index contributed by atoms with van der Waals surface area (Å²) in [6.45, 7) is 0.337. The van der Waals surface area contributed by atoms with E-state index < -0.39 is 0 Å². The van der Waals surface area contributed by atoms with Crippen LogP contribution in [0.1, 0.15) is 5.56 Å². The first-order valence-electron chi connectivity index (χ1n) is 6.42. The van der Waals surface area contributed by atoms with E-state index in [4.69, 9.17) is 11.6 Å². The molecule has 0 N–H and O–H groups in total. The molecule has 6 nitrogen and oxygen atoms in total. The molecule has 0 spiro atoms. The van der Waals surface area contributed by atoms with Gasteiger partial charge in [-0.2, -0.15) is 10.2 Å². The van der Waals surface area contributed by atoms with Gasteiger partial charge in [-0.15, -0.1) is 0 Å². The molecule has 0 radical (unpaired) electrons. The van der Waals surface area contributed by atoms with Crippen molar-refractivity contribution >= 4 is 11.6 Å². The van der Waals surface area contributed by atoms with Crippen LogP contribution in [0.3, 0.4) is 0 Å². The zero-order valence-electron chi connectivity index (χ0n) is 11.7. The maximum absolute atomic E-state index is 12.0. The second kappa shape index (κ2) is 5.21. The van der Waals surface area contributed by atoms with E-state index in [1.807, 2.05) is 19.2 Å². The molecule has 3 aromatic heterocycles. The summed E-state index contributed by atoms with van der Waals surface area (Å²) in [6.07, 6.45) is 5.11. The Balaban J connectivity index is 1.98. The minimum absolute atomic E-state index is 0.0499. The lowest BCUT2D eigenvalue weighted by Gasteiger charge is -2.05. The van der Waals surface area contributed by atoms with E-state index in [-0.39, 0.29) is 5.56 Å². The maximum atomic E-state index is 12.0. The number of aromatic nitrogens is 5. The molecule has 21 heavy (non-hydrogen) atoms. The van der Waals surface area contributed by atoms with E-state index in [1.165, 1.54) is 4.57 Å². The van der Waals surface area contributed by atoms with Gasteiger partial charge in [-0.25, -0.2) is 4.68 Å². The number of halogens is 1. The van der Waals surface area contributed by atoms with E-state index in [9.17, 15) is 4.79 Å². The van der Waals surface area contributed by atoms with Crippen molar-refractivity contribution in [1.82, 2.24) is 24.1 Å². The summed E-state index contributed by atoms with van der Waals surface area (Å²) >= 11 is 6.38. The summed E-state index contributed by atoms with van der Waals surface area (Å²) in [6, 6.07) is 5.48. The predicted molar refractivity (Wildman–Crippen MR) is 80.2 cm³/mol. The highest BCUT2D eigenvalue weighted by atomic mass is 35.5. The van der Waals surface area contributed by atoms with Gasteiger partial charge in [0.25, 0.3) is 5.56 Å². The number of hydrogen-bond donors (Lipinski definition) is 0. The van der Waals surface area contributed by atoms with Crippen molar-refractivity contribution in [3.63, 3.8) is 0 Å². The smallest absolute Gasteiger partial charge is 0.255 e. The van der Waals surface area contributed by atoms with Crippen LogP contribution in [-0.4, -0.2) is 24.1 Å². The van der Waals surface area contributed by atoms with Crippen molar-refractivity contribution in [1.29, 1.82) is 0 Å². The van der Waals surface area contributed by atoms with Crippen LogP contribution in [0.5, 0.6) is 0 Å². The molecule has 3 rings (SSSR count). The minimum Gasteiger partial charge on any atom is -0.318 e. The van der Waals surface area contributed by atoms with Crippen molar-refractivity contribution in [2.24, 2.45) is 14.1 Å². The standard InChI is InChI=1S/C14H14ClN5O/c1-18-7-3-4-10(14(18)21)9-20-13(15)11(8-17-20)12-5-6-16-19(12)2/h3-8H,9H2,1-2H3. The van der Waals surface area contributed by atoms with Crippen molar-refractivity contribution in [2.45, 2.75) is 6.54 Å². The lowest BCUT2D eigenvalue weighted by atomic mass is 10.2. The molecular formula is C14H14ClN5O. The molecule has 0 saturated carbocycles. The quantitative estimate of drug-likeness (QED) is 0.740. The van der Waals surface area contributed by atoms with E-state index >= 15 is 0 Å². The molecule has 0 aromatic carbocycles. The topological polar surface area (TPSA) is 57.6 Å². The Hall–Kier alpha value is -2.34. The Kier molecular flexibility index (Phi) is 3.39. The molecule has 0 aliphatic carbocycles. The fraction of sp³-hybridized carbons (Fsp3) is 0.214. The van der Waals surface area contributed by atoms with Crippen LogP contribution >= 0.6 is 11.6 Å². The third-order valence-electron chi connectivity index (χ3n) is 3.39. The van der Waals surface area contributed by atoms with Crippen molar-refractivity contribution in [3.8, 4) is 11.3 Å². The molecule has 0 amide bonds. The number of hydrogen-bond acceptors (Lipinski definition) is 3. The van der Waals surface area contributed by atoms with Crippen molar-refractivity contribution in [3.05, 3.63) is 57.9 Å². The molecule has 0 bridgehead atoms. The second-order valence-corrected chi connectivity index (χ2v) is 5.15. The first-order valence-corrected chi connectivity index (χ1v) is 6.80. The molecule has 0 aliphatic heterocycles. The summed E-state index contributed by atoms with van der Waals surface area (Å²) in [5.74, 6) is 0. The molecule has 0 atom stereocenters. The van der Waals surface area contributed by atoms with Gasteiger partial charge in [-0.1, -0.05) is 17.7 Å². The zero-order valence-corrected chi connectivity index (χ0v) is 12.4. The summed E-state index contributed by atoms with van der Waals surface area (Å²) in [7, 11) is 3.56. The summed E-state index contributed by atoms with van der Waals surface area (Å²) in [5.41, 5.74) is 2.27. The normalized spacial score (nSPS) is 11.0. The van der Waals surface area contributed by atoms with Gasteiger partial charge in [-0.05, 0) is 12.1 Å². The first kappa shape index (κ1) is 13.6. The highest BCUT2D eigenvalue weighted by Crippen LogP contribution is 2.27. The van der Waals surface area contributed by atoms with Crippen LogP contribution in [0.2, 0.25) is 5.15 Å². The molecule has 0 unspecified atom stereocenters. The van der Waals surface area contributed by atoms with Gasteiger partial charge in [0.2, 0.25) is 0 Å². The molecule has 0 fully saturated rings. The Labute approximate surface area is 126 Å². The average Bonchev–Trinajstić information content (AvgIpc) is 3.02. The van der Waals surface area contributed by atoms with Crippen LogP contribution in [0, 0.1) is 0 Å². The van der Waals surface area contributed by atoms with E-state index in [0.29, 0.717) is 17.3 Å². The molecule has 0 saturated heterocycles. The summed E-state index contributed by atoms with van der Waals surface area (Å²) < 4.78 is 4.88. The van der Waals surface area contributed by atoms with Gasteiger partial charge in [0.05, 0.1) is 24.0 Å². The second-order valence-electron chi connectivity index (χ2n) is 4.80.